The lowest BCUT2D eigenvalue weighted by molar-refractivity contribution is -0.156. The van der Waals surface area contributed by atoms with Crippen LogP contribution < -0.4 is 43.0 Å². The Bertz CT molecular complexity index is 2010. The Labute approximate surface area is 386 Å². The van der Waals surface area contributed by atoms with Gasteiger partial charge in [0.1, 0.15) is 53.2 Å². The zero-order valence-corrected chi connectivity index (χ0v) is 39.7. The lowest BCUT2D eigenvalue weighted by atomic mass is 10.0. The van der Waals surface area contributed by atoms with Gasteiger partial charge in [0.2, 0.25) is 41.4 Å². The first-order valence-electron chi connectivity index (χ1n) is 21.7. The summed E-state index contributed by atoms with van der Waals surface area (Å²) in [5.41, 5.74) is 4.66. The number of benzene rings is 2. The van der Waals surface area contributed by atoms with Gasteiger partial charge in [-0.2, -0.15) is 0 Å². The van der Waals surface area contributed by atoms with Crippen LogP contribution in [0.1, 0.15) is 93.7 Å². The fourth-order valence-electron chi connectivity index (χ4n) is 6.15. The highest BCUT2D eigenvalue weighted by molar-refractivity contribution is 5.98. The summed E-state index contributed by atoms with van der Waals surface area (Å²) in [5, 5.41) is 27.4. The number of hydrogen-bond donors (Lipinski definition) is 9. The van der Waals surface area contributed by atoms with E-state index < -0.39 is 120 Å². The summed E-state index contributed by atoms with van der Waals surface area (Å²) < 4.78 is 10.8. The second-order valence-corrected chi connectivity index (χ2v) is 18.5. The van der Waals surface area contributed by atoms with Crippen LogP contribution in [0.5, 0.6) is 5.75 Å². The summed E-state index contributed by atoms with van der Waals surface area (Å²) in [7, 11) is 0. The molecule has 0 aliphatic heterocycles. The van der Waals surface area contributed by atoms with Crippen molar-refractivity contribution < 1.29 is 57.7 Å². The summed E-state index contributed by atoms with van der Waals surface area (Å²) in [6.45, 7) is 17.1. The van der Waals surface area contributed by atoms with E-state index in [0.29, 0.717) is 11.1 Å². The maximum absolute atomic E-state index is 14.2. The summed E-state index contributed by atoms with van der Waals surface area (Å²) in [6.07, 6.45) is -1.76. The number of aromatic hydroxyl groups is 1. The average molecular weight is 925 g/mol. The van der Waals surface area contributed by atoms with E-state index in [1.807, 2.05) is 0 Å². The van der Waals surface area contributed by atoms with Gasteiger partial charge in [0.25, 0.3) is 0 Å². The van der Waals surface area contributed by atoms with Gasteiger partial charge in [-0.1, -0.05) is 70.2 Å². The number of ether oxygens (including phenoxy) is 2. The van der Waals surface area contributed by atoms with E-state index in [0.717, 1.165) is 0 Å². The Balaban J connectivity index is 2.38. The molecule has 8 amide bonds. The molecule has 20 heteroatoms. The molecule has 0 aromatic heterocycles. The zero-order valence-electron chi connectivity index (χ0n) is 39.7. The maximum Gasteiger partial charge on any atom is 0.408 e. The van der Waals surface area contributed by atoms with Gasteiger partial charge in [0.15, 0.2) is 0 Å². The SMILES string of the molecule is CC(C)[C@H](NC(=O)CNC(=O)[C@@H](NC(=O)[C@H](CC(=O)OC(C)(C)C)NC(=O)[C@H](Cc1ccccc1)NC(=O)[C@@H](C)NC(=O)[C@H](Cc1ccc(O)cc1)NC(=O)OC(C)(C)C)C(C)C)C(N)=O. The molecular weight excluding hydrogens is 857 g/mol. The van der Waals surface area contributed by atoms with Crippen LogP contribution in [-0.2, 0) is 60.7 Å². The highest BCUT2D eigenvalue weighted by Gasteiger charge is 2.35. The van der Waals surface area contributed by atoms with Gasteiger partial charge < -0.3 is 57.5 Å². The number of carbonyl (C=O) groups excluding carboxylic acids is 9. The Kier molecular flexibility index (Phi) is 21.1. The Hall–Kier alpha value is -6.73. The molecule has 364 valence electrons. The highest BCUT2D eigenvalue weighted by Crippen LogP contribution is 2.15. The molecule has 2 rings (SSSR count). The third kappa shape index (κ3) is 20.4. The van der Waals surface area contributed by atoms with Gasteiger partial charge in [0, 0.05) is 12.8 Å². The number of phenols is 1. The van der Waals surface area contributed by atoms with Gasteiger partial charge in [0.05, 0.1) is 13.0 Å². The normalized spacial score (nSPS) is 14.2. The van der Waals surface area contributed by atoms with Gasteiger partial charge in [-0.3, -0.25) is 38.4 Å². The number of rotatable bonds is 22. The van der Waals surface area contributed by atoms with Crippen molar-refractivity contribution >= 4 is 53.4 Å². The predicted octanol–water partition coefficient (Wildman–Crippen LogP) is 1.16. The monoisotopic (exact) mass is 924 g/mol. The summed E-state index contributed by atoms with van der Waals surface area (Å²) >= 11 is 0. The van der Waals surface area contributed by atoms with Crippen LogP contribution in [-0.4, -0.2) is 113 Å². The van der Waals surface area contributed by atoms with E-state index in [1.54, 1.807) is 112 Å². The molecule has 0 heterocycles. The fourth-order valence-corrected chi connectivity index (χ4v) is 6.15. The first-order valence-corrected chi connectivity index (χ1v) is 21.7. The predicted molar refractivity (Wildman–Crippen MR) is 243 cm³/mol. The van der Waals surface area contributed by atoms with E-state index in [4.69, 9.17) is 15.2 Å². The topological polar surface area (TPSA) is 303 Å². The third-order valence-corrected chi connectivity index (χ3v) is 9.43. The van der Waals surface area contributed by atoms with Crippen molar-refractivity contribution in [3.05, 3.63) is 65.7 Å². The lowest BCUT2D eigenvalue weighted by Gasteiger charge is -2.28. The van der Waals surface area contributed by atoms with Crippen LogP contribution in [0.2, 0.25) is 0 Å². The zero-order chi connectivity index (χ0) is 50.1. The number of amides is 8. The smallest absolute Gasteiger partial charge is 0.408 e. The Morgan fingerprint density at radius 3 is 1.56 bits per heavy atom. The molecule has 66 heavy (non-hydrogen) atoms. The largest absolute Gasteiger partial charge is 0.508 e. The number of hydrogen-bond acceptors (Lipinski definition) is 12. The standard InChI is InChI=1S/C46H68N8O12/c1-25(2)36(38(47)58)53-34(56)24-48-43(63)37(26(3)4)54-42(62)33(23-35(57)65-45(6,7)8)51-41(61)31(21-28-15-13-12-14-16-28)50-39(59)27(5)49-40(60)32(52-44(64)66-46(9,10)11)22-29-17-19-30(55)20-18-29/h12-20,25-27,31-33,36-37,55H,21-24H2,1-11H3,(H2,47,58)(H,48,63)(H,49,60)(H,50,59)(H,51,61)(H,52,64)(H,53,56)(H,54,62)/t27-,31+,32+,33+,36+,37+/m1/s1. The van der Waals surface area contributed by atoms with E-state index >= 15 is 0 Å². The van der Waals surface area contributed by atoms with Crippen molar-refractivity contribution in [3.63, 3.8) is 0 Å². The van der Waals surface area contributed by atoms with Gasteiger partial charge in [-0.25, -0.2) is 4.79 Å². The summed E-state index contributed by atoms with van der Waals surface area (Å²) in [4.78, 5) is 119. The minimum absolute atomic E-state index is 0.0128. The molecule has 0 saturated carbocycles. The van der Waals surface area contributed by atoms with Crippen molar-refractivity contribution in [3.8, 4) is 5.75 Å². The first kappa shape index (κ1) is 55.4. The summed E-state index contributed by atoms with van der Waals surface area (Å²) in [5.74, 6) is -7.54. The second-order valence-electron chi connectivity index (χ2n) is 18.5. The molecule has 0 fully saturated rings. The van der Waals surface area contributed by atoms with Crippen LogP contribution in [0.15, 0.2) is 54.6 Å². The lowest BCUT2D eigenvalue weighted by Crippen LogP contribution is -2.60. The number of nitrogens with two attached hydrogens (primary N) is 1. The van der Waals surface area contributed by atoms with Gasteiger partial charge in [-0.15, -0.1) is 0 Å². The van der Waals surface area contributed by atoms with Crippen molar-refractivity contribution in [2.45, 2.75) is 143 Å². The number of carbonyl (C=O) groups is 9. The van der Waals surface area contributed by atoms with Gasteiger partial charge >= 0.3 is 12.1 Å². The molecule has 0 spiro atoms. The third-order valence-electron chi connectivity index (χ3n) is 9.43. The van der Waals surface area contributed by atoms with E-state index in [-0.39, 0.29) is 24.5 Å². The van der Waals surface area contributed by atoms with E-state index in [1.165, 1.54) is 19.1 Å². The first-order chi connectivity index (χ1) is 30.5. The van der Waals surface area contributed by atoms with Crippen molar-refractivity contribution in [1.82, 2.24) is 37.2 Å². The van der Waals surface area contributed by atoms with Crippen molar-refractivity contribution in [2.75, 3.05) is 6.54 Å². The molecule has 20 nitrogen and oxygen atoms in total. The molecule has 0 radical (unpaired) electrons. The molecule has 0 bridgehead atoms. The van der Waals surface area contributed by atoms with Crippen LogP contribution in [0.4, 0.5) is 4.79 Å². The van der Waals surface area contributed by atoms with E-state index in [2.05, 4.69) is 37.2 Å². The Morgan fingerprint density at radius 2 is 1.05 bits per heavy atom. The highest BCUT2D eigenvalue weighted by atomic mass is 16.6. The molecule has 10 N–H and O–H groups in total. The molecule has 2 aromatic rings. The molecular formula is C46H68N8O12. The molecule has 0 aliphatic carbocycles. The van der Waals surface area contributed by atoms with Crippen LogP contribution in [0.3, 0.4) is 0 Å². The minimum atomic E-state index is -1.65. The summed E-state index contributed by atoms with van der Waals surface area (Å²) in [6, 6.07) is 6.61. The molecule has 0 saturated heterocycles. The second kappa shape index (κ2) is 25.1. The van der Waals surface area contributed by atoms with E-state index in [9.17, 15) is 48.3 Å². The number of primary amides is 1. The number of nitrogens with one attached hydrogen (secondary N) is 7. The minimum Gasteiger partial charge on any atom is -0.508 e. The molecule has 0 aliphatic rings. The molecule has 0 unspecified atom stereocenters. The van der Waals surface area contributed by atoms with Crippen molar-refractivity contribution in [2.24, 2.45) is 17.6 Å². The fraction of sp³-hybridized carbons (Fsp3) is 0.543. The number of alkyl carbamates (subject to hydrolysis) is 1. The number of esters is 1. The van der Waals surface area contributed by atoms with Crippen LogP contribution >= 0.6 is 0 Å². The Morgan fingerprint density at radius 1 is 0.561 bits per heavy atom. The van der Waals surface area contributed by atoms with Crippen molar-refractivity contribution in [1.29, 1.82) is 0 Å². The maximum atomic E-state index is 14.2. The van der Waals surface area contributed by atoms with Crippen LogP contribution in [0.25, 0.3) is 0 Å². The van der Waals surface area contributed by atoms with Gasteiger partial charge in [-0.05, 0) is 83.6 Å². The number of phenolic OH excluding ortho intramolecular Hbond substituents is 1. The average Bonchev–Trinajstić information content (AvgIpc) is 3.19. The molecule has 6 atom stereocenters. The molecule has 2 aromatic carbocycles. The van der Waals surface area contributed by atoms with Crippen LogP contribution in [0, 0.1) is 11.8 Å². The quantitative estimate of drug-likeness (QED) is 0.0752.